The van der Waals surface area contributed by atoms with Gasteiger partial charge in [0.25, 0.3) is 5.56 Å². The lowest BCUT2D eigenvalue weighted by Crippen LogP contribution is -2.21. The quantitative estimate of drug-likeness (QED) is 0.769. The first kappa shape index (κ1) is 14.7. The van der Waals surface area contributed by atoms with Gasteiger partial charge in [-0.25, -0.2) is 4.39 Å². The molecule has 0 radical (unpaired) electrons. The van der Waals surface area contributed by atoms with Crippen molar-refractivity contribution in [1.29, 1.82) is 0 Å². The zero-order valence-electron chi connectivity index (χ0n) is 12.2. The molecule has 0 aliphatic carbocycles. The summed E-state index contributed by atoms with van der Waals surface area (Å²) < 4.78 is 15.0. The highest BCUT2D eigenvalue weighted by Gasteiger charge is 2.10. The topological polar surface area (TPSA) is 90.0 Å². The van der Waals surface area contributed by atoms with E-state index in [-0.39, 0.29) is 5.39 Å². The fourth-order valence-electron chi connectivity index (χ4n) is 2.31. The molecule has 0 saturated carbocycles. The van der Waals surface area contributed by atoms with Gasteiger partial charge in [-0.05, 0) is 36.4 Å². The van der Waals surface area contributed by atoms with E-state index in [1.54, 1.807) is 19.2 Å². The maximum Gasteiger partial charge on any atom is 0.279 e. The molecular weight excluding hydrogens is 299 g/mol. The smallest absolute Gasteiger partial charge is 0.279 e. The van der Waals surface area contributed by atoms with Crippen molar-refractivity contribution in [3.8, 4) is 5.69 Å². The minimum absolute atomic E-state index is 0.218. The molecule has 0 bridgehead atoms. The Balaban J connectivity index is 2.17. The van der Waals surface area contributed by atoms with Gasteiger partial charge in [0.1, 0.15) is 5.82 Å². The molecule has 0 spiro atoms. The molecule has 0 saturated heterocycles. The van der Waals surface area contributed by atoms with Gasteiger partial charge in [0.05, 0.1) is 23.0 Å². The second kappa shape index (κ2) is 5.53. The fraction of sp³-hybridized carbons (Fsp3) is 0.0625. The van der Waals surface area contributed by atoms with Crippen LogP contribution >= 0.6 is 0 Å². The van der Waals surface area contributed by atoms with Gasteiger partial charge >= 0.3 is 0 Å². The number of amides is 1. The Morgan fingerprint density at radius 1 is 1.26 bits per heavy atom. The number of halogens is 1. The Kier molecular flexibility index (Phi) is 3.53. The van der Waals surface area contributed by atoms with E-state index in [0.717, 1.165) is 4.68 Å². The number of hydrogen-bond donors (Lipinski definition) is 2. The predicted molar refractivity (Wildman–Crippen MR) is 85.4 cm³/mol. The average molecular weight is 312 g/mol. The van der Waals surface area contributed by atoms with Gasteiger partial charge in [-0.1, -0.05) is 0 Å². The van der Waals surface area contributed by atoms with Crippen LogP contribution < -0.4 is 16.6 Å². The first-order valence-electron chi connectivity index (χ1n) is 6.81. The third-order valence-corrected chi connectivity index (χ3v) is 3.54. The van der Waals surface area contributed by atoms with E-state index in [2.05, 4.69) is 10.4 Å². The standard InChI is InChI=1S/C16H13FN4O2/c1-19-14-6-10-8-20-21(16(23)12(10)7-13(14)17)11-4-2-9(3-5-11)15(18)22/h2-8,19H,1H3,(H2,18,22). The first-order chi connectivity index (χ1) is 11.0. The zero-order valence-corrected chi connectivity index (χ0v) is 12.2. The maximum absolute atomic E-state index is 13.9. The third kappa shape index (κ3) is 2.52. The maximum atomic E-state index is 13.9. The number of nitrogens with two attached hydrogens (primary N) is 1. The molecule has 7 heteroatoms. The van der Waals surface area contributed by atoms with Crippen LogP contribution in [0.1, 0.15) is 10.4 Å². The largest absolute Gasteiger partial charge is 0.386 e. The molecule has 0 atom stereocenters. The van der Waals surface area contributed by atoms with Crippen LogP contribution in [0.25, 0.3) is 16.5 Å². The van der Waals surface area contributed by atoms with Gasteiger partial charge in [-0.3, -0.25) is 9.59 Å². The van der Waals surface area contributed by atoms with Crippen molar-refractivity contribution in [2.45, 2.75) is 0 Å². The van der Waals surface area contributed by atoms with Crippen LogP contribution in [0.15, 0.2) is 47.4 Å². The van der Waals surface area contributed by atoms with Gasteiger partial charge in [-0.2, -0.15) is 9.78 Å². The van der Waals surface area contributed by atoms with Crippen LogP contribution in [0.3, 0.4) is 0 Å². The summed E-state index contributed by atoms with van der Waals surface area (Å²) in [6.07, 6.45) is 1.49. The first-order valence-corrected chi connectivity index (χ1v) is 6.81. The number of aromatic nitrogens is 2. The molecule has 1 heterocycles. The van der Waals surface area contributed by atoms with Crippen LogP contribution in [0.5, 0.6) is 0 Å². The van der Waals surface area contributed by atoms with Gasteiger partial charge in [0.15, 0.2) is 0 Å². The summed E-state index contributed by atoms with van der Waals surface area (Å²) in [5.41, 5.74) is 5.81. The van der Waals surface area contributed by atoms with E-state index in [9.17, 15) is 14.0 Å². The average Bonchev–Trinajstić information content (AvgIpc) is 2.55. The number of nitrogens with one attached hydrogen (secondary N) is 1. The van der Waals surface area contributed by atoms with Gasteiger partial charge in [-0.15, -0.1) is 0 Å². The third-order valence-electron chi connectivity index (χ3n) is 3.54. The van der Waals surface area contributed by atoms with Crippen molar-refractivity contribution >= 4 is 22.4 Å². The van der Waals surface area contributed by atoms with Crippen LogP contribution in [0.4, 0.5) is 10.1 Å². The number of benzene rings is 2. The summed E-state index contributed by atoms with van der Waals surface area (Å²) in [6, 6.07) is 8.82. The van der Waals surface area contributed by atoms with Crippen molar-refractivity contribution in [3.05, 3.63) is 64.3 Å². The molecule has 6 nitrogen and oxygen atoms in total. The number of carbonyl (C=O) groups excluding carboxylic acids is 1. The van der Waals surface area contributed by atoms with Gasteiger partial charge in [0, 0.05) is 18.0 Å². The number of carbonyl (C=O) groups is 1. The molecule has 3 N–H and O–H groups in total. The zero-order chi connectivity index (χ0) is 16.6. The summed E-state index contributed by atoms with van der Waals surface area (Å²) in [7, 11) is 1.60. The summed E-state index contributed by atoms with van der Waals surface area (Å²) in [6.45, 7) is 0. The van der Waals surface area contributed by atoms with Crippen LogP contribution in [0.2, 0.25) is 0 Å². The number of fused-ring (bicyclic) bond motifs is 1. The Morgan fingerprint density at radius 3 is 2.57 bits per heavy atom. The Labute approximate surface area is 130 Å². The van der Waals surface area contributed by atoms with Crippen molar-refractivity contribution < 1.29 is 9.18 Å². The van der Waals surface area contributed by atoms with Crippen molar-refractivity contribution in [3.63, 3.8) is 0 Å². The summed E-state index contributed by atoms with van der Waals surface area (Å²) in [4.78, 5) is 23.6. The summed E-state index contributed by atoms with van der Waals surface area (Å²) in [5.74, 6) is -1.07. The highest BCUT2D eigenvalue weighted by molar-refractivity contribution is 5.93. The van der Waals surface area contributed by atoms with E-state index in [1.165, 1.54) is 30.5 Å². The normalized spacial score (nSPS) is 10.7. The Bertz CT molecular complexity index is 964. The predicted octanol–water partition coefficient (Wildman–Crippen LogP) is 1.67. The summed E-state index contributed by atoms with van der Waals surface area (Å²) >= 11 is 0. The lowest BCUT2D eigenvalue weighted by molar-refractivity contribution is 0.100. The Morgan fingerprint density at radius 2 is 1.96 bits per heavy atom. The molecule has 0 aliphatic heterocycles. The number of rotatable bonds is 3. The highest BCUT2D eigenvalue weighted by atomic mass is 19.1. The molecule has 1 amide bonds. The van der Waals surface area contributed by atoms with Gasteiger partial charge < -0.3 is 11.1 Å². The summed E-state index contributed by atoms with van der Waals surface area (Å²) in [5, 5.41) is 7.56. The lowest BCUT2D eigenvalue weighted by atomic mass is 10.1. The van der Waals surface area contributed by atoms with E-state index >= 15 is 0 Å². The Hall–Kier alpha value is -3.22. The van der Waals surface area contributed by atoms with E-state index < -0.39 is 17.3 Å². The van der Waals surface area contributed by atoms with Crippen molar-refractivity contribution in [2.24, 2.45) is 5.73 Å². The molecule has 2 aromatic carbocycles. The van der Waals surface area contributed by atoms with E-state index in [1.807, 2.05) is 0 Å². The second-order valence-electron chi connectivity index (χ2n) is 4.94. The fourth-order valence-corrected chi connectivity index (χ4v) is 2.31. The van der Waals surface area contributed by atoms with Crippen LogP contribution in [-0.4, -0.2) is 22.7 Å². The van der Waals surface area contributed by atoms with Gasteiger partial charge in [0.2, 0.25) is 5.91 Å². The number of hydrogen-bond acceptors (Lipinski definition) is 4. The molecule has 1 aromatic heterocycles. The second-order valence-corrected chi connectivity index (χ2v) is 4.94. The molecule has 3 rings (SSSR count). The highest BCUT2D eigenvalue weighted by Crippen LogP contribution is 2.20. The molecule has 23 heavy (non-hydrogen) atoms. The molecule has 116 valence electrons. The molecular formula is C16H13FN4O2. The number of primary amides is 1. The molecule has 3 aromatic rings. The van der Waals surface area contributed by atoms with Crippen molar-refractivity contribution in [2.75, 3.05) is 12.4 Å². The lowest BCUT2D eigenvalue weighted by Gasteiger charge is -2.08. The van der Waals surface area contributed by atoms with Crippen molar-refractivity contribution in [1.82, 2.24) is 9.78 Å². The molecule has 0 fully saturated rings. The minimum atomic E-state index is -0.558. The van der Waals surface area contributed by atoms with E-state index in [0.29, 0.717) is 22.3 Å². The monoisotopic (exact) mass is 312 g/mol. The minimum Gasteiger partial charge on any atom is -0.386 e. The van der Waals surface area contributed by atoms with E-state index in [4.69, 9.17) is 5.73 Å². The van der Waals surface area contributed by atoms with Crippen LogP contribution in [0, 0.1) is 5.82 Å². The van der Waals surface area contributed by atoms with Crippen LogP contribution in [-0.2, 0) is 0 Å². The number of nitrogens with zero attached hydrogens (tertiary/aromatic N) is 2. The molecule has 0 unspecified atom stereocenters. The number of anilines is 1. The SMILES string of the molecule is CNc1cc2cnn(-c3ccc(C(N)=O)cc3)c(=O)c2cc1F. The molecule has 0 aliphatic rings.